The number of rotatable bonds is 3. The van der Waals surface area contributed by atoms with Gasteiger partial charge in [0.2, 0.25) is 5.91 Å². The van der Waals surface area contributed by atoms with Gasteiger partial charge in [-0.05, 0) is 41.9 Å². The van der Waals surface area contributed by atoms with Crippen molar-refractivity contribution in [2.45, 2.75) is 26.8 Å². The second-order valence-electron chi connectivity index (χ2n) is 5.85. The minimum absolute atomic E-state index is 0.0397. The summed E-state index contributed by atoms with van der Waals surface area (Å²) in [5, 5.41) is 7.90. The molecule has 0 bridgehead atoms. The van der Waals surface area contributed by atoms with Crippen LogP contribution in [-0.2, 0) is 4.79 Å². The first-order chi connectivity index (χ1) is 10.1. The molecule has 0 radical (unpaired) electrons. The zero-order valence-corrected chi connectivity index (χ0v) is 13.8. The number of carbonyl (C=O) groups is 2. The Hall–Kier alpha value is -2.02. The van der Waals surface area contributed by atoms with Crippen molar-refractivity contribution < 1.29 is 14.0 Å². The van der Waals surface area contributed by atoms with Crippen LogP contribution in [0.2, 0.25) is 0 Å². The van der Waals surface area contributed by atoms with Crippen LogP contribution in [0.3, 0.4) is 0 Å². The van der Waals surface area contributed by atoms with Crippen molar-refractivity contribution in [2.24, 2.45) is 5.41 Å². The van der Waals surface area contributed by atoms with Gasteiger partial charge in [0.15, 0.2) is 5.11 Å². The fraction of sp³-hybridized carbons (Fsp3) is 0.400. The second-order valence-corrected chi connectivity index (χ2v) is 6.26. The highest BCUT2D eigenvalue weighted by atomic mass is 32.1. The molecule has 1 rings (SSSR count). The third kappa shape index (κ3) is 5.07. The summed E-state index contributed by atoms with van der Waals surface area (Å²) in [5.74, 6) is -1.13. The summed E-state index contributed by atoms with van der Waals surface area (Å²) in [5.41, 5.74) is -0.122. The van der Waals surface area contributed by atoms with Gasteiger partial charge in [-0.3, -0.25) is 14.9 Å². The van der Waals surface area contributed by atoms with E-state index in [1.165, 1.54) is 31.3 Å². The second kappa shape index (κ2) is 7.31. The van der Waals surface area contributed by atoms with Crippen molar-refractivity contribution in [1.29, 1.82) is 0 Å². The number of benzene rings is 1. The predicted molar refractivity (Wildman–Crippen MR) is 86.9 cm³/mol. The molecule has 1 atom stereocenters. The molecular formula is C15H20FN3O2S. The van der Waals surface area contributed by atoms with Crippen LogP contribution in [-0.4, -0.2) is 30.0 Å². The lowest BCUT2D eigenvalue weighted by Crippen LogP contribution is -2.55. The summed E-state index contributed by atoms with van der Waals surface area (Å²) in [6.07, 6.45) is 0. The summed E-state index contributed by atoms with van der Waals surface area (Å²) in [6, 6.07) is 4.49. The lowest BCUT2D eigenvalue weighted by atomic mass is 9.86. The van der Waals surface area contributed by atoms with Gasteiger partial charge in [0, 0.05) is 12.6 Å². The van der Waals surface area contributed by atoms with Crippen LogP contribution in [0.25, 0.3) is 0 Å². The molecule has 5 nitrogen and oxygen atoms in total. The summed E-state index contributed by atoms with van der Waals surface area (Å²) < 4.78 is 12.8. The van der Waals surface area contributed by atoms with Gasteiger partial charge in [0.25, 0.3) is 5.91 Å². The van der Waals surface area contributed by atoms with E-state index in [4.69, 9.17) is 12.2 Å². The number of likely N-dealkylation sites (N-methyl/N-ethyl adjacent to an activating group) is 1. The Morgan fingerprint density at radius 2 is 1.73 bits per heavy atom. The summed E-state index contributed by atoms with van der Waals surface area (Å²) in [7, 11) is 1.53. The van der Waals surface area contributed by atoms with Gasteiger partial charge in [-0.1, -0.05) is 20.8 Å². The topological polar surface area (TPSA) is 70.2 Å². The van der Waals surface area contributed by atoms with Crippen LogP contribution in [0.1, 0.15) is 31.1 Å². The third-order valence-corrected chi connectivity index (χ3v) is 3.20. The first-order valence-electron chi connectivity index (χ1n) is 6.74. The molecule has 0 aromatic heterocycles. The molecule has 0 aliphatic heterocycles. The third-order valence-electron chi connectivity index (χ3n) is 2.98. The standard InChI is InChI=1S/C15H20FN3O2S/c1-15(2,3)11(13(21)17-4)18-14(22)19-12(20)9-5-7-10(16)8-6-9/h5-8,11H,1-4H3,(H,17,21)(H2,18,19,20,22)/t11-/m0/s1. The molecule has 3 N–H and O–H groups in total. The highest BCUT2D eigenvalue weighted by Gasteiger charge is 2.31. The number of halogens is 1. The number of amides is 2. The average Bonchev–Trinajstić information content (AvgIpc) is 2.43. The van der Waals surface area contributed by atoms with Crippen LogP contribution >= 0.6 is 12.2 Å². The van der Waals surface area contributed by atoms with Crippen molar-refractivity contribution in [3.8, 4) is 0 Å². The van der Waals surface area contributed by atoms with Crippen LogP contribution in [0.5, 0.6) is 0 Å². The zero-order chi connectivity index (χ0) is 16.9. The van der Waals surface area contributed by atoms with E-state index in [-0.39, 0.29) is 16.6 Å². The van der Waals surface area contributed by atoms with Gasteiger partial charge in [0.1, 0.15) is 11.9 Å². The highest BCUT2D eigenvalue weighted by Crippen LogP contribution is 2.19. The minimum atomic E-state index is -0.599. The van der Waals surface area contributed by atoms with Gasteiger partial charge < -0.3 is 10.6 Å². The van der Waals surface area contributed by atoms with Gasteiger partial charge >= 0.3 is 0 Å². The Bertz CT molecular complexity index is 567. The molecule has 0 saturated heterocycles. The van der Waals surface area contributed by atoms with E-state index in [9.17, 15) is 14.0 Å². The summed E-state index contributed by atoms with van der Waals surface area (Å²) >= 11 is 5.07. The van der Waals surface area contributed by atoms with Crippen LogP contribution in [0, 0.1) is 11.2 Å². The highest BCUT2D eigenvalue weighted by molar-refractivity contribution is 7.80. The fourth-order valence-electron chi connectivity index (χ4n) is 1.76. The maximum Gasteiger partial charge on any atom is 0.257 e. The van der Waals surface area contributed by atoms with Crippen molar-refractivity contribution in [3.63, 3.8) is 0 Å². The molecule has 22 heavy (non-hydrogen) atoms. The summed E-state index contributed by atoms with van der Waals surface area (Å²) in [4.78, 5) is 23.9. The molecule has 0 saturated carbocycles. The molecule has 0 fully saturated rings. The molecule has 0 spiro atoms. The predicted octanol–water partition coefficient (Wildman–Crippen LogP) is 1.59. The van der Waals surface area contributed by atoms with Crippen LogP contribution in [0.15, 0.2) is 24.3 Å². The normalized spacial score (nSPS) is 12.2. The molecule has 0 unspecified atom stereocenters. The van der Waals surface area contributed by atoms with E-state index >= 15 is 0 Å². The summed E-state index contributed by atoms with van der Waals surface area (Å²) in [6.45, 7) is 5.64. The number of thiocarbonyl (C=S) groups is 1. The zero-order valence-electron chi connectivity index (χ0n) is 13.0. The quantitative estimate of drug-likeness (QED) is 0.738. The Balaban J connectivity index is 2.73. The first kappa shape index (κ1) is 18.0. The molecule has 120 valence electrons. The van der Waals surface area contributed by atoms with Crippen molar-refractivity contribution in [3.05, 3.63) is 35.6 Å². The van der Waals surface area contributed by atoms with Crippen molar-refractivity contribution in [2.75, 3.05) is 7.05 Å². The van der Waals surface area contributed by atoms with Gasteiger partial charge in [0.05, 0.1) is 0 Å². The molecular weight excluding hydrogens is 305 g/mol. The molecule has 0 heterocycles. The average molecular weight is 325 g/mol. The van der Waals surface area contributed by atoms with E-state index in [1.807, 2.05) is 20.8 Å². The monoisotopic (exact) mass is 325 g/mol. The lowest BCUT2D eigenvalue weighted by molar-refractivity contribution is -0.124. The van der Waals surface area contributed by atoms with Gasteiger partial charge in [-0.25, -0.2) is 4.39 Å². The maximum absolute atomic E-state index is 12.8. The Kier molecular flexibility index (Phi) is 5.99. The fourth-order valence-corrected chi connectivity index (χ4v) is 1.97. The number of hydrogen-bond donors (Lipinski definition) is 3. The Morgan fingerprint density at radius 3 is 2.18 bits per heavy atom. The van der Waals surface area contributed by atoms with Crippen molar-refractivity contribution >= 4 is 29.1 Å². The molecule has 1 aromatic carbocycles. The van der Waals surface area contributed by atoms with Gasteiger partial charge in [-0.2, -0.15) is 0 Å². The number of carbonyl (C=O) groups excluding carboxylic acids is 2. The van der Waals surface area contributed by atoms with E-state index in [0.717, 1.165) is 0 Å². The molecule has 2 amide bonds. The largest absolute Gasteiger partial charge is 0.357 e. The van der Waals surface area contributed by atoms with E-state index in [1.54, 1.807) is 0 Å². The number of nitrogens with one attached hydrogen (secondary N) is 3. The van der Waals surface area contributed by atoms with E-state index < -0.39 is 23.2 Å². The first-order valence-corrected chi connectivity index (χ1v) is 7.15. The Morgan fingerprint density at radius 1 is 1.18 bits per heavy atom. The van der Waals surface area contributed by atoms with Crippen LogP contribution < -0.4 is 16.0 Å². The van der Waals surface area contributed by atoms with Crippen LogP contribution in [0.4, 0.5) is 4.39 Å². The van der Waals surface area contributed by atoms with E-state index in [0.29, 0.717) is 0 Å². The molecule has 1 aromatic rings. The van der Waals surface area contributed by atoms with Crippen molar-refractivity contribution in [1.82, 2.24) is 16.0 Å². The number of hydrogen-bond acceptors (Lipinski definition) is 3. The minimum Gasteiger partial charge on any atom is -0.357 e. The Labute approximate surface area is 134 Å². The molecule has 0 aliphatic rings. The molecule has 7 heteroatoms. The maximum atomic E-state index is 12.8. The van der Waals surface area contributed by atoms with Gasteiger partial charge in [-0.15, -0.1) is 0 Å². The lowest BCUT2D eigenvalue weighted by Gasteiger charge is -2.30. The smallest absolute Gasteiger partial charge is 0.257 e. The van der Waals surface area contributed by atoms with E-state index in [2.05, 4.69) is 16.0 Å². The molecule has 0 aliphatic carbocycles. The SMILES string of the molecule is CNC(=O)[C@H](NC(=S)NC(=O)c1ccc(F)cc1)C(C)(C)C.